The maximum absolute atomic E-state index is 5.98. The summed E-state index contributed by atoms with van der Waals surface area (Å²) < 4.78 is 7.92. The molecule has 2 aromatic heterocycles. The predicted molar refractivity (Wildman–Crippen MR) is 118 cm³/mol. The molecule has 0 aliphatic rings. The monoisotopic (exact) mass is 480 g/mol. The van der Waals surface area contributed by atoms with E-state index in [9.17, 15) is 0 Å². The summed E-state index contributed by atoms with van der Waals surface area (Å²) >= 11 is 0. The van der Waals surface area contributed by atoms with Crippen LogP contribution in [0.25, 0.3) is 5.65 Å². The van der Waals surface area contributed by atoms with Crippen molar-refractivity contribution >= 4 is 35.6 Å². The highest BCUT2D eigenvalue weighted by molar-refractivity contribution is 14.0. The quantitative estimate of drug-likeness (QED) is 0.323. The number of aryl methyl sites for hydroxylation is 1. The van der Waals surface area contributed by atoms with Gasteiger partial charge in [0.05, 0.1) is 13.1 Å². The van der Waals surface area contributed by atoms with Crippen LogP contribution in [0.3, 0.4) is 0 Å². The van der Waals surface area contributed by atoms with Gasteiger partial charge in [0.15, 0.2) is 17.4 Å². The number of ether oxygens (including phenoxy) is 1. The van der Waals surface area contributed by atoms with Crippen LogP contribution >= 0.6 is 24.0 Å². The smallest absolute Gasteiger partial charge is 0.191 e. The molecular formula is C19H25IN6O. The number of hydrogen-bond donors (Lipinski definition) is 2. The molecule has 0 aliphatic heterocycles. The van der Waals surface area contributed by atoms with Crippen molar-refractivity contribution < 1.29 is 4.74 Å². The summed E-state index contributed by atoms with van der Waals surface area (Å²) in [6.07, 6.45) is 1.95. The molecule has 0 aliphatic carbocycles. The average molecular weight is 480 g/mol. The topological polar surface area (TPSA) is 75.8 Å². The molecule has 0 saturated heterocycles. The highest BCUT2D eigenvalue weighted by Crippen LogP contribution is 2.17. The van der Waals surface area contributed by atoms with Crippen molar-refractivity contribution in [3.63, 3.8) is 0 Å². The molecule has 8 heteroatoms. The summed E-state index contributed by atoms with van der Waals surface area (Å²) in [6.45, 7) is 5.23. The van der Waals surface area contributed by atoms with Crippen LogP contribution in [0.2, 0.25) is 0 Å². The molecule has 2 N–H and O–H groups in total. The maximum atomic E-state index is 5.98. The third-order valence-electron chi connectivity index (χ3n) is 4.00. The summed E-state index contributed by atoms with van der Waals surface area (Å²) in [5, 5.41) is 14.9. The summed E-state index contributed by atoms with van der Waals surface area (Å²) in [4.78, 5) is 4.25. The van der Waals surface area contributed by atoms with E-state index >= 15 is 0 Å². The van der Waals surface area contributed by atoms with Gasteiger partial charge in [-0.3, -0.25) is 9.39 Å². The number of hydrogen-bond acceptors (Lipinski definition) is 4. The minimum atomic E-state index is 0. The van der Waals surface area contributed by atoms with Gasteiger partial charge < -0.3 is 15.4 Å². The van der Waals surface area contributed by atoms with Crippen molar-refractivity contribution in [3.8, 4) is 5.75 Å². The van der Waals surface area contributed by atoms with Gasteiger partial charge in [0.1, 0.15) is 11.9 Å². The number of para-hydroxylation sites is 1. The first kappa shape index (κ1) is 20.9. The van der Waals surface area contributed by atoms with Crippen molar-refractivity contribution in [1.82, 2.24) is 25.2 Å². The molecule has 1 atom stereocenters. The molecule has 0 amide bonds. The Balaban J connectivity index is 0.00000261. The predicted octanol–water partition coefficient (Wildman–Crippen LogP) is 2.79. The molecule has 0 bridgehead atoms. The van der Waals surface area contributed by atoms with Crippen LogP contribution in [0.1, 0.15) is 18.3 Å². The minimum absolute atomic E-state index is 0. The molecule has 0 saturated carbocycles. The van der Waals surface area contributed by atoms with Crippen LogP contribution in [-0.4, -0.2) is 40.3 Å². The normalized spacial score (nSPS) is 12.3. The van der Waals surface area contributed by atoms with Gasteiger partial charge in [-0.2, -0.15) is 0 Å². The molecule has 0 spiro atoms. The van der Waals surface area contributed by atoms with Gasteiger partial charge in [-0.15, -0.1) is 34.2 Å². The molecule has 0 fully saturated rings. The standard InChI is InChI=1S/C19H24N6O.HI/c1-14-8-4-5-9-16(14)26-15(2)12-21-19(20-3)22-13-18-24-23-17-10-6-7-11-25(17)18;/h4-11,15H,12-13H2,1-3H3,(H2,20,21,22);1H. The van der Waals surface area contributed by atoms with Crippen LogP contribution in [-0.2, 0) is 6.54 Å². The molecule has 144 valence electrons. The molecule has 0 radical (unpaired) electrons. The Morgan fingerprint density at radius 3 is 2.70 bits per heavy atom. The molecule has 7 nitrogen and oxygen atoms in total. The van der Waals surface area contributed by atoms with Crippen LogP contribution < -0.4 is 15.4 Å². The van der Waals surface area contributed by atoms with Gasteiger partial charge in [-0.1, -0.05) is 24.3 Å². The van der Waals surface area contributed by atoms with Crippen molar-refractivity contribution in [2.75, 3.05) is 13.6 Å². The van der Waals surface area contributed by atoms with Crippen LogP contribution in [0, 0.1) is 6.92 Å². The van der Waals surface area contributed by atoms with E-state index in [0.717, 1.165) is 22.8 Å². The molecule has 3 aromatic rings. The highest BCUT2D eigenvalue weighted by Gasteiger charge is 2.09. The van der Waals surface area contributed by atoms with E-state index in [1.54, 1.807) is 7.05 Å². The molecular weight excluding hydrogens is 455 g/mol. The lowest BCUT2D eigenvalue weighted by Gasteiger charge is -2.18. The molecule has 1 aromatic carbocycles. The average Bonchev–Trinajstić information content (AvgIpc) is 3.07. The Bertz CT molecular complexity index is 895. The van der Waals surface area contributed by atoms with Crippen molar-refractivity contribution in [2.45, 2.75) is 26.5 Å². The molecule has 27 heavy (non-hydrogen) atoms. The van der Waals surface area contributed by atoms with Gasteiger partial charge in [0.2, 0.25) is 0 Å². The van der Waals surface area contributed by atoms with Crippen LogP contribution in [0.5, 0.6) is 5.75 Å². The van der Waals surface area contributed by atoms with Gasteiger partial charge >= 0.3 is 0 Å². The Labute approximate surface area is 176 Å². The van der Waals surface area contributed by atoms with E-state index < -0.39 is 0 Å². The van der Waals surface area contributed by atoms with Gasteiger partial charge in [0, 0.05) is 13.2 Å². The minimum Gasteiger partial charge on any atom is -0.489 e. The summed E-state index contributed by atoms with van der Waals surface area (Å²) in [5.41, 5.74) is 1.95. The zero-order valence-electron chi connectivity index (χ0n) is 15.7. The number of nitrogens with zero attached hydrogens (tertiary/aromatic N) is 4. The molecule has 2 heterocycles. The zero-order chi connectivity index (χ0) is 18.4. The number of halogens is 1. The van der Waals surface area contributed by atoms with Gasteiger partial charge in [-0.05, 0) is 37.6 Å². The van der Waals surface area contributed by atoms with Gasteiger partial charge in [0.25, 0.3) is 0 Å². The molecule has 1 unspecified atom stereocenters. The Hall–Kier alpha value is -2.36. The van der Waals surface area contributed by atoms with E-state index in [1.165, 1.54) is 0 Å². The number of aliphatic imine (C=N–C) groups is 1. The number of nitrogens with one attached hydrogen (secondary N) is 2. The fraction of sp³-hybridized carbons (Fsp3) is 0.316. The second-order valence-electron chi connectivity index (χ2n) is 6.05. The van der Waals surface area contributed by atoms with Crippen LogP contribution in [0.15, 0.2) is 53.7 Å². The Morgan fingerprint density at radius 2 is 1.93 bits per heavy atom. The number of pyridine rings is 1. The third kappa shape index (κ3) is 5.56. The lowest BCUT2D eigenvalue weighted by Crippen LogP contribution is -2.41. The SMILES string of the molecule is CN=C(NCc1nnc2ccccn12)NCC(C)Oc1ccccc1C.I. The van der Waals surface area contributed by atoms with E-state index in [2.05, 4.69) is 25.8 Å². The fourth-order valence-electron chi connectivity index (χ4n) is 2.58. The third-order valence-corrected chi connectivity index (χ3v) is 4.00. The highest BCUT2D eigenvalue weighted by atomic mass is 127. The van der Waals surface area contributed by atoms with Crippen molar-refractivity contribution in [1.29, 1.82) is 0 Å². The van der Waals surface area contributed by atoms with E-state index in [4.69, 9.17) is 4.74 Å². The zero-order valence-corrected chi connectivity index (χ0v) is 18.0. The first-order chi connectivity index (χ1) is 12.7. The fourth-order valence-corrected chi connectivity index (χ4v) is 2.58. The number of guanidine groups is 1. The van der Waals surface area contributed by atoms with Gasteiger partial charge in [-0.25, -0.2) is 0 Å². The summed E-state index contributed by atoms with van der Waals surface area (Å²) in [5.74, 6) is 2.42. The van der Waals surface area contributed by atoms with Crippen molar-refractivity contribution in [3.05, 3.63) is 60.0 Å². The number of rotatable bonds is 6. The summed E-state index contributed by atoms with van der Waals surface area (Å²) in [6, 6.07) is 13.8. The van der Waals surface area contributed by atoms with Crippen LogP contribution in [0.4, 0.5) is 0 Å². The Kier molecular flexibility index (Phi) is 7.83. The maximum Gasteiger partial charge on any atom is 0.191 e. The van der Waals surface area contributed by atoms with E-state index in [0.29, 0.717) is 19.0 Å². The van der Waals surface area contributed by atoms with E-state index in [-0.39, 0.29) is 30.1 Å². The van der Waals surface area contributed by atoms with Crippen molar-refractivity contribution in [2.24, 2.45) is 4.99 Å². The first-order valence-corrected chi connectivity index (χ1v) is 8.63. The molecule has 3 rings (SSSR count). The lowest BCUT2D eigenvalue weighted by molar-refractivity contribution is 0.222. The number of aromatic nitrogens is 3. The first-order valence-electron chi connectivity index (χ1n) is 8.63. The second-order valence-corrected chi connectivity index (χ2v) is 6.05. The second kappa shape index (κ2) is 10.1. The number of fused-ring (bicyclic) bond motifs is 1. The number of benzene rings is 1. The van der Waals surface area contributed by atoms with E-state index in [1.807, 2.05) is 66.9 Å². The summed E-state index contributed by atoms with van der Waals surface area (Å²) in [7, 11) is 1.74. The largest absolute Gasteiger partial charge is 0.489 e. The lowest BCUT2D eigenvalue weighted by atomic mass is 10.2. The Morgan fingerprint density at radius 1 is 1.15 bits per heavy atom.